The molecule has 0 aromatic carbocycles. The number of amides is 2. The summed E-state index contributed by atoms with van der Waals surface area (Å²) in [6.07, 6.45) is 3.22. The fourth-order valence-corrected chi connectivity index (χ4v) is 2.85. The first kappa shape index (κ1) is 20.9. The first-order valence-electron chi connectivity index (χ1n) is 8.79. The maximum absolute atomic E-state index is 11.1. The minimum Gasteiger partial charge on any atom is -0.356 e. The van der Waals surface area contributed by atoms with Gasteiger partial charge in [0.25, 0.3) is 0 Å². The molecule has 2 amide bonds. The highest BCUT2D eigenvalue weighted by molar-refractivity contribution is 5.81. The average molecular weight is 312 g/mol. The minimum atomic E-state index is 0.139. The Labute approximate surface area is 136 Å². The zero-order valence-electron chi connectivity index (χ0n) is 15.6. The van der Waals surface area contributed by atoms with E-state index in [0.717, 1.165) is 32.4 Å². The van der Waals surface area contributed by atoms with Gasteiger partial charge < -0.3 is 10.6 Å². The van der Waals surface area contributed by atoms with Crippen molar-refractivity contribution in [3.05, 3.63) is 0 Å². The number of piperidine rings is 1. The summed E-state index contributed by atoms with van der Waals surface area (Å²) in [4.78, 5) is 22.2. The Kier molecular flexibility index (Phi) is 9.38. The van der Waals surface area contributed by atoms with Crippen molar-refractivity contribution >= 4 is 11.8 Å². The van der Waals surface area contributed by atoms with Crippen LogP contribution in [-0.4, -0.2) is 24.9 Å². The molecule has 2 aliphatic rings. The number of hydrogen-bond donors (Lipinski definition) is 2. The second-order valence-corrected chi connectivity index (χ2v) is 7.28. The summed E-state index contributed by atoms with van der Waals surface area (Å²) in [6.45, 7) is 16.3. The Morgan fingerprint density at radius 3 is 1.77 bits per heavy atom. The van der Waals surface area contributed by atoms with E-state index in [2.05, 4.69) is 45.3 Å². The third-order valence-electron chi connectivity index (χ3n) is 4.23. The molecule has 130 valence electrons. The smallest absolute Gasteiger partial charge is 0.223 e. The molecule has 2 aliphatic heterocycles. The SMILES string of the molecule is CC.CC(C)(C)C1CCNC1=O.CC(C)C1CCCNC1=O. The van der Waals surface area contributed by atoms with Crippen LogP contribution in [0.3, 0.4) is 0 Å². The van der Waals surface area contributed by atoms with E-state index >= 15 is 0 Å². The maximum atomic E-state index is 11.1. The molecule has 22 heavy (non-hydrogen) atoms. The van der Waals surface area contributed by atoms with Gasteiger partial charge in [-0.2, -0.15) is 0 Å². The van der Waals surface area contributed by atoms with Gasteiger partial charge in [0.2, 0.25) is 11.8 Å². The molecular weight excluding hydrogens is 276 g/mol. The molecule has 2 saturated heterocycles. The van der Waals surface area contributed by atoms with E-state index in [9.17, 15) is 9.59 Å². The molecule has 0 radical (unpaired) electrons. The van der Waals surface area contributed by atoms with Crippen LogP contribution < -0.4 is 10.6 Å². The molecule has 0 bridgehead atoms. The van der Waals surface area contributed by atoms with E-state index in [1.807, 2.05) is 13.8 Å². The standard InChI is InChI=1S/2C8H15NO.C2H6/c1-8(2,3)6-4-5-9-7(6)10;1-6(2)7-4-3-5-9-8(7)10;1-2/h6H,4-5H2,1-3H3,(H,9,10);6-7H,3-5H2,1-2H3,(H,9,10);1-2H3. The monoisotopic (exact) mass is 312 g/mol. The highest BCUT2D eigenvalue weighted by atomic mass is 16.2. The molecule has 0 spiro atoms. The van der Waals surface area contributed by atoms with E-state index < -0.39 is 0 Å². The van der Waals surface area contributed by atoms with Gasteiger partial charge in [-0.1, -0.05) is 48.5 Å². The molecule has 0 aromatic heterocycles. The number of carbonyl (C=O) groups is 2. The van der Waals surface area contributed by atoms with Crippen LogP contribution in [0.4, 0.5) is 0 Å². The Hall–Kier alpha value is -1.06. The van der Waals surface area contributed by atoms with Gasteiger partial charge in [-0.15, -0.1) is 0 Å². The quantitative estimate of drug-likeness (QED) is 0.780. The second-order valence-electron chi connectivity index (χ2n) is 7.28. The van der Waals surface area contributed by atoms with Gasteiger partial charge >= 0.3 is 0 Å². The zero-order valence-corrected chi connectivity index (χ0v) is 15.6. The molecule has 4 heteroatoms. The first-order valence-corrected chi connectivity index (χ1v) is 8.79. The molecule has 2 unspecified atom stereocenters. The van der Waals surface area contributed by atoms with Gasteiger partial charge in [-0.3, -0.25) is 9.59 Å². The lowest BCUT2D eigenvalue weighted by atomic mass is 9.80. The van der Waals surface area contributed by atoms with Gasteiger partial charge in [0, 0.05) is 24.9 Å². The highest BCUT2D eigenvalue weighted by Crippen LogP contribution is 2.30. The fourth-order valence-electron chi connectivity index (χ4n) is 2.85. The van der Waals surface area contributed by atoms with E-state index in [0.29, 0.717) is 5.92 Å². The van der Waals surface area contributed by atoms with Gasteiger partial charge in [-0.05, 0) is 30.6 Å². The van der Waals surface area contributed by atoms with Crippen LogP contribution in [0.1, 0.15) is 67.7 Å². The topological polar surface area (TPSA) is 58.2 Å². The molecule has 2 rings (SSSR count). The normalized spacial score (nSPS) is 24.5. The minimum absolute atomic E-state index is 0.139. The lowest BCUT2D eigenvalue weighted by molar-refractivity contribution is -0.128. The van der Waals surface area contributed by atoms with Gasteiger partial charge in [0.05, 0.1) is 0 Å². The summed E-state index contributed by atoms with van der Waals surface area (Å²) in [7, 11) is 0. The van der Waals surface area contributed by atoms with E-state index in [1.165, 1.54) is 0 Å². The molecule has 0 aromatic rings. The van der Waals surface area contributed by atoms with Crippen molar-refractivity contribution < 1.29 is 9.59 Å². The Morgan fingerprint density at radius 2 is 1.50 bits per heavy atom. The summed E-state index contributed by atoms with van der Waals surface area (Å²) < 4.78 is 0. The van der Waals surface area contributed by atoms with Crippen molar-refractivity contribution in [2.24, 2.45) is 23.2 Å². The Morgan fingerprint density at radius 1 is 0.955 bits per heavy atom. The van der Waals surface area contributed by atoms with Crippen LogP contribution in [0.2, 0.25) is 0 Å². The average Bonchev–Trinajstić information content (AvgIpc) is 2.88. The highest BCUT2D eigenvalue weighted by Gasteiger charge is 2.34. The first-order chi connectivity index (χ1) is 10.2. The second kappa shape index (κ2) is 9.86. The lowest BCUT2D eigenvalue weighted by Crippen LogP contribution is -2.38. The van der Waals surface area contributed by atoms with Crippen molar-refractivity contribution in [1.29, 1.82) is 0 Å². The number of rotatable bonds is 1. The Bertz CT molecular complexity index is 343. The van der Waals surface area contributed by atoms with Gasteiger partial charge in [0.15, 0.2) is 0 Å². The van der Waals surface area contributed by atoms with Crippen molar-refractivity contribution in [1.82, 2.24) is 10.6 Å². The maximum Gasteiger partial charge on any atom is 0.223 e. The largest absolute Gasteiger partial charge is 0.356 e. The third kappa shape index (κ3) is 6.80. The fraction of sp³-hybridized carbons (Fsp3) is 0.889. The van der Waals surface area contributed by atoms with E-state index in [1.54, 1.807) is 0 Å². The van der Waals surface area contributed by atoms with Gasteiger partial charge in [0.1, 0.15) is 0 Å². The molecule has 0 aliphatic carbocycles. The predicted molar refractivity (Wildman–Crippen MR) is 92.5 cm³/mol. The molecule has 0 saturated carbocycles. The van der Waals surface area contributed by atoms with Crippen molar-refractivity contribution in [3.8, 4) is 0 Å². The van der Waals surface area contributed by atoms with Crippen LogP contribution in [0, 0.1) is 23.2 Å². The third-order valence-corrected chi connectivity index (χ3v) is 4.23. The van der Waals surface area contributed by atoms with Gasteiger partial charge in [-0.25, -0.2) is 0 Å². The predicted octanol–water partition coefficient (Wildman–Crippen LogP) is 3.36. The number of hydrogen-bond acceptors (Lipinski definition) is 2. The summed E-state index contributed by atoms with van der Waals surface area (Å²) in [5.41, 5.74) is 0.139. The van der Waals surface area contributed by atoms with Crippen LogP contribution in [0.15, 0.2) is 0 Å². The van der Waals surface area contributed by atoms with Crippen LogP contribution >= 0.6 is 0 Å². The van der Waals surface area contributed by atoms with E-state index in [-0.39, 0.29) is 29.1 Å². The summed E-state index contributed by atoms with van der Waals surface area (Å²) in [6, 6.07) is 0. The van der Waals surface area contributed by atoms with Crippen LogP contribution in [0.5, 0.6) is 0 Å². The summed E-state index contributed by atoms with van der Waals surface area (Å²) in [5, 5.41) is 5.71. The summed E-state index contributed by atoms with van der Waals surface area (Å²) in [5.74, 6) is 1.48. The molecule has 4 nitrogen and oxygen atoms in total. The molecule has 2 atom stereocenters. The molecule has 2 heterocycles. The van der Waals surface area contributed by atoms with Crippen molar-refractivity contribution in [2.75, 3.05) is 13.1 Å². The molecule has 2 fully saturated rings. The van der Waals surface area contributed by atoms with Crippen LogP contribution in [0.25, 0.3) is 0 Å². The Balaban J connectivity index is 0.000000360. The molecular formula is C18H36N2O2. The van der Waals surface area contributed by atoms with Crippen molar-refractivity contribution in [3.63, 3.8) is 0 Å². The number of nitrogens with one attached hydrogen (secondary N) is 2. The van der Waals surface area contributed by atoms with E-state index in [4.69, 9.17) is 0 Å². The summed E-state index contributed by atoms with van der Waals surface area (Å²) >= 11 is 0. The number of carbonyl (C=O) groups excluding carboxylic acids is 2. The van der Waals surface area contributed by atoms with Crippen molar-refractivity contribution in [2.45, 2.75) is 67.7 Å². The lowest BCUT2D eigenvalue weighted by Gasteiger charge is -2.24. The molecule has 2 N–H and O–H groups in total. The zero-order chi connectivity index (χ0) is 17.3. The van der Waals surface area contributed by atoms with Crippen LogP contribution in [-0.2, 0) is 9.59 Å².